The van der Waals surface area contributed by atoms with Gasteiger partial charge < -0.3 is 15.2 Å². The molecule has 0 fully saturated rings. The highest BCUT2D eigenvalue weighted by Gasteiger charge is 2.22. The third-order valence-corrected chi connectivity index (χ3v) is 3.06. The second-order valence-corrected chi connectivity index (χ2v) is 4.62. The molecule has 0 aliphatic rings. The van der Waals surface area contributed by atoms with Crippen molar-refractivity contribution in [3.8, 4) is 5.75 Å². The third-order valence-electron chi connectivity index (χ3n) is 3.06. The lowest BCUT2D eigenvalue weighted by Crippen LogP contribution is -2.33. The molecule has 1 unspecified atom stereocenters. The minimum Gasteiger partial charge on any atom is -0.494 e. The first kappa shape index (κ1) is 15.6. The van der Waals surface area contributed by atoms with Crippen molar-refractivity contribution in [2.24, 2.45) is 0 Å². The second kappa shape index (κ2) is 7.26. The highest BCUT2D eigenvalue weighted by molar-refractivity contribution is 5.97. The smallest absolute Gasteiger partial charge is 0.330 e. The van der Waals surface area contributed by atoms with Crippen LogP contribution in [-0.4, -0.2) is 23.6 Å². The largest absolute Gasteiger partial charge is 0.494 e. The number of carboxylic acids is 1. The lowest BCUT2D eigenvalue weighted by molar-refractivity contribution is -0.139. The van der Waals surface area contributed by atoms with Gasteiger partial charge in [-0.25, -0.2) is 4.79 Å². The summed E-state index contributed by atoms with van der Waals surface area (Å²) >= 11 is 0. The van der Waals surface area contributed by atoms with Crippen molar-refractivity contribution in [2.45, 2.75) is 13.0 Å². The predicted molar refractivity (Wildman–Crippen MR) is 81.9 cm³/mol. The van der Waals surface area contributed by atoms with Gasteiger partial charge in [0.15, 0.2) is 6.04 Å². The standard InChI is InChI=1S/C17H17NO4/c1-2-22-14-10-6-9-13(11-14)16(19)18-15(17(20)21)12-7-4-3-5-8-12/h3-11,15H,2H2,1H3,(H,18,19)(H,20,21). The van der Waals surface area contributed by atoms with Crippen LogP contribution in [0.3, 0.4) is 0 Å². The van der Waals surface area contributed by atoms with E-state index in [1.54, 1.807) is 54.6 Å². The van der Waals surface area contributed by atoms with E-state index in [0.29, 0.717) is 23.5 Å². The Balaban J connectivity index is 2.18. The fourth-order valence-corrected chi connectivity index (χ4v) is 2.04. The maximum atomic E-state index is 12.3. The van der Waals surface area contributed by atoms with Crippen LogP contribution in [0.5, 0.6) is 5.75 Å². The summed E-state index contributed by atoms with van der Waals surface area (Å²) < 4.78 is 5.34. The Hall–Kier alpha value is -2.82. The molecule has 5 heteroatoms. The van der Waals surface area contributed by atoms with Crippen LogP contribution in [-0.2, 0) is 4.79 Å². The van der Waals surface area contributed by atoms with Gasteiger partial charge in [-0.05, 0) is 30.7 Å². The van der Waals surface area contributed by atoms with Crippen molar-refractivity contribution in [1.29, 1.82) is 0 Å². The average Bonchev–Trinajstić information content (AvgIpc) is 2.53. The SMILES string of the molecule is CCOc1cccc(C(=O)NC(C(=O)O)c2ccccc2)c1. The monoisotopic (exact) mass is 299 g/mol. The Morgan fingerprint density at radius 3 is 2.50 bits per heavy atom. The normalized spacial score (nSPS) is 11.5. The molecule has 2 aromatic rings. The van der Waals surface area contributed by atoms with Gasteiger partial charge in [-0.3, -0.25) is 4.79 Å². The molecule has 2 aromatic carbocycles. The summed E-state index contributed by atoms with van der Waals surface area (Å²) in [5.74, 6) is -1.000. The fraction of sp³-hybridized carbons (Fsp3) is 0.176. The summed E-state index contributed by atoms with van der Waals surface area (Å²) in [6.45, 7) is 2.34. The van der Waals surface area contributed by atoms with E-state index in [1.807, 2.05) is 6.92 Å². The van der Waals surface area contributed by atoms with Crippen molar-refractivity contribution < 1.29 is 19.4 Å². The summed E-state index contributed by atoms with van der Waals surface area (Å²) in [7, 11) is 0. The van der Waals surface area contributed by atoms with Crippen LogP contribution in [0.15, 0.2) is 54.6 Å². The number of hydrogen-bond acceptors (Lipinski definition) is 3. The van der Waals surface area contributed by atoms with Crippen molar-refractivity contribution in [3.63, 3.8) is 0 Å². The van der Waals surface area contributed by atoms with Crippen molar-refractivity contribution in [3.05, 3.63) is 65.7 Å². The molecule has 0 aliphatic carbocycles. The first-order valence-corrected chi connectivity index (χ1v) is 6.93. The molecule has 2 rings (SSSR count). The number of ether oxygens (including phenoxy) is 1. The Kier molecular flexibility index (Phi) is 5.14. The van der Waals surface area contributed by atoms with E-state index < -0.39 is 17.9 Å². The zero-order chi connectivity index (χ0) is 15.9. The molecular weight excluding hydrogens is 282 g/mol. The fourth-order valence-electron chi connectivity index (χ4n) is 2.04. The first-order chi connectivity index (χ1) is 10.6. The molecule has 0 saturated heterocycles. The third kappa shape index (κ3) is 3.85. The number of carbonyl (C=O) groups is 2. The number of benzene rings is 2. The molecule has 0 spiro atoms. The quantitative estimate of drug-likeness (QED) is 0.859. The zero-order valence-corrected chi connectivity index (χ0v) is 12.2. The molecule has 0 radical (unpaired) electrons. The van der Waals surface area contributed by atoms with E-state index in [1.165, 1.54) is 0 Å². The van der Waals surface area contributed by atoms with Gasteiger partial charge in [-0.15, -0.1) is 0 Å². The van der Waals surface area contributed by atoms with Gasteiger partial charge in [-0.2, -0.15) is 0 Å². The maximum absolute atomic E-state index is 12.3. The number of aliphatic carboxylic acids is 1. The molecule has 114 valence electrons. The number of carboxylic acid groups (broad SMARTS) is 1. The molecule has 0 aliphatic heterocycles. The Morgan fingerprint density at radius 2 is 1.86 bits per heavy atom. The lowest BCUT2D eigenvalue weighted by Gasteiger charge is -2.15. The molecule has 5 nitrogen and oxygen atoms in total. The molecule has 1 amide bonds. The van der Waals surface area contributed by atoms with Crippen LogP contribution < -0.4 is 10.1 Å². The minimum atomic E-state index is -1.11. The zero-order valence-electron chi connectivity index (χ0n) is 12.2. The van der Waals surface area contributed by atoms with Gasteiger partial charge in [0.1, 0.15) is 5.75 Å². The van der Waals surface area contributed by atoms with Crippen LogP contribution in [0.4, 0.5) is 0 Å². The van der Waals surface area contributed by atoms with E-state index >= 15 is 0 Å². The van der Waals surface area contributed by atoms with Crippen molar-refractivity contribution >= 4 is 11.9 Å². The Morgan fingerprint density at radius 1 is 1.14 bits per heavy atom. The summed E-state index contributed by atoms with van der Waals surface area (Å²) in [4.78, 5) is 23.7. The maximum Gasteiger partial charge on any atom is 0.330 e. The highest BCUT2D eigenvalue weighted by atomic mass is 16.5. The molecule has 0 aromatic heterocycles. The summed E-state index contributed by atoms with van der Waals surface area (Å²) in [6.07, 6.45) is 0. The van der Waals surface area contributed by atoms with Gasteiger partial charge in [0.05, 0.1) is 6.61 Å². The van der Waals surface area contributed by atoms with E-state index in [9.17, 15) is 14.7 Å². The second-order valence-electron chi connectivity index (χ2n) is 4.62. The Labute approximate surface area is 128 Å². The van der Waals surface area contributed by atoms with Gasteiger partial charge in [0, 0.05) is 5.56 Å². The van der Waals surface area contributed by atoms with E-state index in [-0.39, 0.29) is 0 Å². The van der Waals surface area contributed by atoms with Crippen LogP contribution in [0.1, 0.15) is 28.9 Å². The number of amides is 1. The summed E-state index contributed by atoms with van der Waals surface area (Å²) in [5.41, 5.74) is 0.873. The van der Waals surface area contributed by atoms with E-state index in [2.05, 4.69) is 5.32 Å². The molecule has 0 heterocycles. The van der Waals surface area contributed by atoms with Crippen molar-refractivity contribution in [2.75, 3.05) is 6.61 Å². The molecule has 0 saturated carbocycles. The number of nitrogens with one attached hydrogen (secondary N) is 1. The van der Waals surface area contributed by atoms with Gasteiger partial charge in [-0.1, -0.05) is 36.4 Å². The van der Waals surface area contributed by atoms with E-state index in [0.717, 1.165) is 0 Å². The first-order valence-electron chi connectivity index (χ1n) is 6.93. The molecule has 2 N–H and O–H groups in total. The topological polar surface area (TPSA) is 75.6 Å². The molecule has 22 heavy (non-hydrogen) atoms. The minimum absolute atomic E-state index is 0.355. The number of hydrogen-bond donors (Lipinski definition) is 2. The van der Waals surface area contributed by atoms with Gasteiger partial charge in [0.25, 0.3) is 5.91 Å². The number of carbonyl (C=O) groups excluding carboxylic acids is 1. The van der Waals surface area contributed by atoms with Crippen LogP contribution >= 0.6 is 0 Å². The van der Waals surface area contributed by atoms with Crippen LogP contribution in [0.25, 0.3) is 0 Å². The molecule has 1 atom stereocenters. The lowest BCUT2D eigenvalue weighted by atomic mass is 10.1. The average molecular weight is 299 g/mol. The van der Waals surface area contributed by atoms with Crippen LogP contribution in [0.2, 0.25) is 0 Å². The van der Waals surface area contributed by atoms with Crippen LogP contribution in [0, 0.1) is 0 Å². The van der Waals surface area contributed by atoms with Gasteiger partial charge in [0.2, 0.25) is 0 Å². The highest BCUT2D eigenvalue weighted by Crippen LogP contribution is 2.16. The van der Waals surface area contributed by atoms with Gasteiger partial charge >= 0.3 is 5.97 Å². The van der Waals surface area contributed by atoms with E-state index in [4.69, 9.17) is 4.74 Å². The molecule has 0 bridgehead atoms. The molecular formula is C17H17NO4. The van der Waals surface area contributed by atoms with Crippen molar-refractivity contribution in [1.82, 2.24) is 5.32 Å². The number of rotatable bonds is 6. The Bertz CT molecular complexity index is 655. The summed E-state index contributed by atoms with van der Waals surface area (Å²) in [5, 5.41) is 11.8. The predicted octanol–water partition coefficient (Wildman–Crippen LogP) is 2.64. The summed E-state index contributed by atoms with van der Waals surface area (Å²) in [6, 6.07) is 14.1.